The molecule has 0 unspecified atom stereocenters. The first kappa shape index (κ1) is 10.6. The van der Waals surface area contributed by atoms with Crippen molar-refractivity contribution in [2.75, 3.05) is 18.8 Å². The van der Waals surface area contributed by atoms with Crippen molar-refractivity contribution >= 4 is 22.7 Å². The Morgan fingerprint density at radius 1 is 1.39 bits per heavy atom. The van der Waals surface area contributed by atoms with Gasteiger partial charge in [-0.2, -0.15) is 0 Å². The fourth-order valence-corrected chi connectivity index (χ4v) is 4.09. The third-order valence-corrected chi connectivity index (χ3v) is 5.27. The lowest BCUT2D eigenvalue weighted by molar-refractivity contribution is 0.171. The average molecular weight is 259 g/mol. The summed E-state index contributed by atoms with van der Waals surface area (Å²) >= 11 is 1.87. The number of benzene rings is 1. The van der Waals surface area contributed by atoms with Crippen molar-refractivity contribution in [2.45, 2.75) is 11.4 Å². The Bertz CT molecular complexity index is 690. The molecule has 2 aliphatic rings. The maximum Gasteiger partial charge on any atom is 0.348 e. The van der Waals surface area contributed by atoms with Crippen molar-refractivity contribution in [3.05, 3.63) is 34.9 Å². The van der Waals surface area contributed by atoms with Gasteiger partial charge in [-0.3, -0.25) is 4.57 Å². The van der Waals surface area contributed by atoms with Crippen LogP contribution in [0.15, 0.2) is 34.1 Å². The molecule has 4 rings (SSSR count). The largest absolute Gasteiger partial charge is 0.348 e. The molecule has 1 aromatic heterocycles. The number of rotatable bonds is 0. The summed E-state index contributed by atoms with van der Waals surface area (Å²) in [5.41, 5.74) is 1.17. The lowest BCUT2D eigenvalue weighted by Crippen LogP contribution is -2.57. The Labute approximate surface area is 108 Å². The van der Waals surface area contributed by atoms with Crippen LogP contribution in [0, 0.1) is 5.41 Å². The van der Waals surface area contributed by atoms with Crippen molar-refractivity contribution in [2.24, 2.45) is 5.41 Å². The maximum absolute atomic E-state index is 12.1. The van der Waals surface area contributed by atoms with Crippen LogP contribution in [0.25, 0.3) is 10.9 Å². The SMILES string of the molecule is O=c1ncc2cccc3c2n1CC1(CNC1)CS3. The molecule has 0 saturated carbocycles. The molecule has 4 nitrogen and oxygen atoms in total. The van der Waals surface area contributed by atoms with E-state index >= 15 is 0 Å². The van der Waals surface area contributed by atoms with Crippen LogP contribution in [0.2, 0.25) is 0 Å². The van der Waals surface area contributed by atoms with Gasteiger partial charge < -0.3 is 5.32 Å². The molecule has 0 atom stereocenters. The second kappa shape index (κ2) is 3.59. The van der Waals surface area contributed by atoms with Gasteiger partial charge in [0.15, 0.2) is 0 Å². The minimum atomic E-state index is -0.122. The van der Waals surface area contributed by atoms with E-state index in [0.717, 1.165) is 36.3 Å². The van der Waals surface area contributed by atoms with Gasteiger partial charge in [0.2, 0.25) is 0 Å². The maximum atomic E-state index is 12.1. The molecule has 5 heteroatoms. The van der Waals surface area contributed by atoms with Crippen LogP contribution >= 0.6 is 11.8 Å². The molecule has 1 aromatic carbocycles. The molecule has 0 radical (unpaired) electrons. The summed E-state index contributed by atoms with van der Waals surface area (Å²) in [7, 11) is 0. The van der Waals surface area contributed by atoms with E-state index in [0.29, 0.717) is 0 Å². The smallest absolute Gasteiger partial charge is 0.315 e. The Balaban J connectivity index is 2.03. The van der Waals surface area contributed by atoms with E-state index in [1.54, 1.807) is 6.20 Å². The Kier molecular flexibility index (Phi) is 2.11. The molecule has 2 aromatic rings. The zero-order chi connectivity index (χ0) is 12.2. The second-order valence-electron chi connectivity index (χ2n) is 5.21. The van der Waals surface area contributed by atoms with E-state index in [1.807, 2.05) is 28.5 Å². The van der Waals surface area contributed by atoms with E-state index in [9.17, 15) is 4.79 Å². The second-order valence-corrected chi connectivity index (χ2v) is 6.23. The number of para-hydroxylation sites is 1. The van der Waals surface area contributed by atoms with Gasteiger partial charge in [0.1, 0.15) is 0 Å². The number of aromatic nitrogens is 2. The molecular formula is C13H13N3OS. The van der Waals surface area contributed by atoms with Crippen molar-refractivity contribution < 1.29 is 0 Å². The predicted octanol–water partition coefficient (Wildman–Crippen LogP) is 1.09. The molecular weight excluding hydrogens is 246 g/mol. The molecule has 1 fully saturated rings. The molecule has 0 aliphatic carbocycles. The summed E-state index contributed by atoms with van der Waals surface area (Å²) in [6.07, 6.45) is 1.69. The van der Waals surface area contributed by atoms with E-state index in [4.69, 9.17) is 0 Å². The van der Waals surface area contributed by atoms with Crippen molar-refractivity contribution in [3.8, 4) is 0 Å². The van der Waals surface area contributed by atoms with E-state index in [1.165, 1.54) is 4.90 Å². The highest BCUT2D eigenvalue weighted by molar-refractivity contribution is 7.99. The number of nitrogens with zero attached hydrogens (tertiary/aromatic N) is 2. The summed E-state index contributed by atoms with van der Waals surface area (Å²) in [6.45, 7) is 2.78. The fourth-order valence-electron chi connectivity index (χ4n) is 2.79. The zero-order valence-corrected chi connectivity index (χ0v) is 10.7. The summed E-state index contributed by atoms with van der Waals surface area (Å²) in [5.74, 6) is 1.07. The summed E-state index contributed by atoms with van der Waals surface area (Å²) in [6, 6.07) is 6.17. The molecule has 3 heterocycles. The number of hydrogen-bond donors (Lipinski definition) is 1. The first-order valence-corrected chi connectivity index (χ1v) is 7.08. The third-order valence-electron chi connectivity index (χ3n) is 3.87. The standard InChI is InChI=1S/C13H13N3OS/c17-12-15-4-9-2-1-3-10-11(9)16(12)7-13(8-18-10)5-14-6-13/h1-4,14H,5-8H2. The van der Waals surface area contributed by atoms with Gasteiger partial charge in [-0.15, -0.1) is 11.8 Å². The first-order chi connectivity index (χ1) is 8.77. The van der Waals surface area contributed by atoms with Gasteiger partial charge in [0.25, 0.3) is 0 Å². The van der Waals surface area contributed by atoms with Crippen LogP contribution in [0.3, 0.4) is 0 Å². The molecule has 2 aliphatic heterocycles. The van der Waals surface area contributed by atoms with E-state index < -0.39 is 0 Å². The number of hydrogen-bond acceptors (Lipinski definition) is 4. The van der Waals surface area contributed by atoms with Gasteiger partial charge in [0.05, 0.1) is 5.52 Å². The number of thioether (sulfide) groups is 1. The van der Waals surface area contributed by atoms with Crippen LogP contribution in [0.4, 0.5) is 0 Å². The Hall–Kier alpha value is -1.33. The van der Waals surface area contributed by atoms with Crippen molar-refractivity contribution in [1.29, 1.82) is 0 Å². The Morgan fingerprint density at radius 2 is 2.28 bits per heavy atom. The lowest BCUT2D eigenvalue weighted by Gasteiger charge is -2.41. The summed E-state index contributed by atoms with van der Waals surface area (Å²) < 4.78 is 1.87. The third kappa shape index (κ3) is 1.37. The van der Waals surface area contributed by atoms with Crippen LogP contribution < -0.4 is 11.0 Å². The van der Waals surface area contributed by atoms with Gasteiger partial charge in [-0.25, -0.2) is 9.78 Å². The molecule has 1 spiro atoms. The highest BCUT2D eigenvalue weighted by atomic mass is 32.2. The topological polar surface area (TPSA) is 46.9 Å². The summed E-state index contributed by atoms with van der Waals surface area (Å²) in [5, 5.41) is 4.39. The van der Waals surface area contributed by atoms with Crippen LogP contribution in [0.1, 0.15) is 0 Å². The Morgan fingerprint density at radius 3 is 3.06 bits per heavy atom. The minimum Gasteiger partial charge on any atom is -0.315 e. The van der Waals surface area contributed by atoms with Crippen LogP contribution in [-0.2, 0) is 6.54 Å². The van der Waals surface area contributed by atoms with Crippen LogP contribution in [-0.4, -0.2) is 28.4 Å². The van der Waals surface area contributed by atoms with E-state index in [2.05, 4.69) is 16.4 Å². The first-order valence-electron chi connectivity index (χ1n) is 6.10. The molecule has 0 bridgehead atoms. The lowest BCUT2D eigenvalue weighted by atomic mass is 9.83. The van der Waals surface area contributed by atoms with Crippen molar-refractivity contribution in [3.63, 3.8) is 0 Å². The van der Waals surface area contributed by atoms with Gasteiger partial charge in [-0.05, 0) is 6.07 Å². The molecule has 1 N–H and O–H groups in total. The van der Waals surface area contributed by atoms with Gasteiger partial charge in [-0.1, -0.05) is 12.1 Å². The molecule has 92 valence electrons. The minimum absolute atomic E-state index is 0.122. The number of nitrogens with one attached hydrogen (secondary N) is 1. The van der Waals surface area contributed by atoms with Crippen molar-refractivity contribution in [1.82, 2.24) is 14.9 Å². The normalized spacial score (nSPS) is 20.7. The van der Waals surface area contributed by atoms with Crippen LogP contribution in [0.5, 0.6) is 0 Å². The van der Waals surface area contributed by atoms with Gasteiger partial charge >= 0.3 is 5.69 Å². The highest BCUT2D eigenvalue weighted by Crippen LogP contribution is 2.39. The predicted molar refractivity (Wildman–Crippen MR) is 72.0 cm³/mol. The van der Waals surface area contributed by atoms with E-state index in [-0.39, 0.29) is 11.1 Å². The monoisotopic (exact) mass is 259 g/mol. The zero-order valence-electron chi connectivity index (χ0n) is 9.85. The molecule has 0 amide bonds. The molecule has 18 heavy (non-hydrogen) atoms. The quantitative estimate of drug-likeness (QED) is 0.769. The molecule has 1 saturated heterocycles. The highest BCUT2D eigenvalue weighted by Gasteiger charge is 2.39. The summed E-state index contributed by atoms with van der Waals surface area (Å²) in [4.78, 5) is 17.3. The fraction of sp³-hybridized carbons (Fsp3) is 0.385. The van der Waals surface area contributed by atoms with Gasteiger partial charge in [0, 0.05) is 47.3 Å². The average Bonchev–Trinajstić information content (AvgIpc) is 2.52.